The SMILES string of the molecule is O=C(C1CNCCO1)N1CCCN(CC(F)(F)F)CC1. The lowest BCUT2D eigenvalue weighted by molar-refractivity contribution is -0.147. The normalized spacial score (nSPS) is 26.4. The van der Waals surface area contributed by atoms with E-state index in [1.165, 1.54) is 4.90 Å². The number of alkyl halides is 3. The molecule has 2 saturated heterocycles. The highest BCUT2D eigenvalue weighted by atomic mass is 19.4. The summed E-state index contributed by atoms with van der Waals surface area (Å²) in [5, 5.41) is 3.08. The van der Waals surface area contributed by atoms with Crippen molar-refractivity contribution in [2.24, 2.45) is 0 Å². The molecule has 8 heteroatoms. The van der Waals surface area contributed by atoms with Crippen LogP contribution in [0.4, 0.5) is 13.2 Å². The third-order valence-electron chi connectivity index (χ3n) is 3.51. The van der Waals surface area contributed by atoms with Gasteiger partial charge in [-0.15, -0.1) is 0 Å². The molecule has 2 aliphatic rings. The van der Waals surface area contributed by atoms with Crippen LogP contribution >= 0.6 is 0 Å². The number of ether oxygens (including phenoxy) is 1. The first-order valence-corrected chi connectivity index (χ1v) is 6.86. The summed E-state index contributed by atoms with van der Waals surface area (Å²) in [6, 6.07) is 0. The number of nitrogens with zero attached hydrogens (tertiary/aromatic N) is 2. The van der Waals surface area contributed by atoms with E-state index in [4.69, 9.17) is 4.74 Å². The molecule has 2 rings (SSSR count). The number of morpholine rings is 1. The molecule has 1 atom stereocenters. The van der Waals surface area contributed by atoms with E-state index in [9.17, 15) is 18.0 Å². The van der Waals surface area contributed by atoms with Crippen LogP contribution in [0.2, 0.25) is 0 Å². The predicted molar refractivity (Wildman–Crippen MR) is 66.3 cm³/mol. The van der Waals surface area contributed by atoms with E-state index in [2.05, 4.69) is 5.32 Å². The molecule has 0 saturated carbocycles. The van der Waals surface area contributed by atoms with Gasteiger partial charge in [0.2, 0.25) is 0 Å². The van der Waals surface area contributed by atoms with Gasteiger partial charge in [-0.1, -0.05) is 0 Å². The highest BCUT2D eigenvalue weighted by Crippen LogP contribution is 2.18. The molecule has 116 valence electrons. The third-order valence-corrected chi connectivity index (χ3v) is 3.51. The lowest BCUT2D eigenvalue weighted by Crippen LogP contribution is -2.50. The molecule has 1 unspecified atom stereocenters. The molecule has 0 aromatic rings. The molecule has 2 fully saturated rings. The Labute approximate surface area is 116 Å². The maximum atomic E-state index is 12.4. The Bertz CT molecular complexity index is 332. The van der Waals surface area contributed by atoms with Gasteiger partial charge in [0.05, 0.1) is 13.2 Å². The fourth-order valence-electron chi connectivity index (χ4n) is 2.53. The Morgan fingerprint density at radius 3 is 2.70 bits per heavy atom. The molecule has 5 nitrogen and oxygen atoms in total. The first-order chi connectivity index (χ1) is 9.46. The number of rotatable bonds is 2. The molecular formula is C12H20F3N3O2. The molecule has 1 N–H and O–H groups in total. The minimum atomic E-state index is -4.18. The van der Waals surface area contributed by atoms with Crippen LogP contribution in [-0.4, -0.2) is 80.4 Å². The average Bonchev–Trinajstić information content (AvgIpc) is 2.63. The molecule has 0 aromatic heterocycles. The van der Waals surface area contributed by atoms with Crippen molar-refractivity contribution in [2.75, 3.05) is 52.4 Å². The minimum Gasteiger partial charge on any atom is -0.366 e. The van der Waals surface area contributed by atoms with E-state index in [0.29, 0.717) is 39.2 Å². The highest BCUT2D eigenvalue weighted by Gasteiger charge is 2.33. The van der Waals surface area contributed by atoms with Crippen molar-refractivity contribution in [3.05, 3.63) is 0 Å². The lowest BCUT2D eigenvalue weighted by atomic mass is 10.2. The van der Waals surface area contributed by atoms with Crippen LogP contribution in [0.3, 0.4) is 0 Å². The Hall–Kier alpha value is -0.860. The quantitative estimate of drug-likeness (QED) is 0.783. The third kappa shape index (κ3) is 4.60. The van der Waals surface area contributed by atoms with Crippen LogP contribution in [0.5, 0.6) is 0 Å². The van der Waals surface area contributed by atoms with Gasteiger partial charge in [-0.2, -0.15) is 13.2 Å². The second-order valence-corrected chi connectivity index (χ2v) is 5.13. The maximum Gasteiger partial charge on any atom is 0.401 e. The van der Waals surface area contributed by atoms with Crippen molar-refractivity contribution < 1.29 is 22.7 Å². The van der Waals surface area contributed by atoms with Crippen molar-refractivity contribution in [1.82, 2.24) is 15.1 Å². The van der Waals surface area contributed by atoms with Crippen LogP contribution in [0.25, 0.3) is 0 Å². The van der Waals surface area contributed by atoms with Gasteiger partial charge in [0.15, 0.2) is 0 Å². The van der Waals surface area contributed by atoms with Crippen molar-refractivity contribution in [3.8, 4) is 0 Å². The van der Waals surface area contributed by atoms with E-state index in [1.807, 2.05) is 0 Å². The summed E-state index contributed by atoms with van der Waals surface area (Å²) in [5.74, 6) is -0.119. The Morgan fingerprint density at radius 1 is 1.25 bits per heavy atom. The van der Waals surface area contributed by atoms with Gasteiger partial charge in [0, 0.05) is 39.3 Å². The van der Waals surface area contributed by atoms with Crippen LogP contribution in [0.1, 0.15) is 6.42 Å². The van der Waals surface area contributed by atoms with Gasteiger partial charge in [-0.3, -0.25) is 9.69 Å². The largest absolute Gasteiger partial charge is 0.401 e. The zero-order chi connectivity index (χ0) is 14.6. The first kappa shape index (κ1) is 15.5. The smallest absolute Gasteiger partial charge is 0.366 e. The zero-order valence-electron chi connectivity index (χ0n) is 11.3. The molecule has 2 heterocycles. The topological polar surface area (TPSA) is 44.8 Å². The Balaban J connectivity index is 1.84. The fourth-order valence-corrected chi connectivity index (χ4v) is 2.53. The molecule has 0 aromatic carbocycles. The second-order valence-electron chi connectivity index (χ2n) is 5.13. The van der Waals surface area contributed by atoms with Gasteiger partial charge < -0.3 is 15.0 Å². The summed E-state index contributed by atoms with van der Waals surface area (Å²) in [7, 11) is 0. The fraction of sp³-hybridized carbons (Fsp3) is 0.917. The molecule has 0 radical (unpaired) electrons. The molecule has 2 aliphatic heterocycles. The number of amides is 1. The van der Waals surface area contributed by atoms with Crippen molar-refractivity contribution in [1.29, 1.82) is 0 Å². The highest BCUT2D eigenvalue weighted by molar-refractivity contribution is 5.81. The number of hydrogen-bond acceptors (Lipinski definition) is 4. The maximum absolute atomic E-state index is 12.4. The summed E-state index contributed by atoms with van der Waals surface area (Å²) in [6.07, 6.45) is -4.13. The van der Waals surface area contributed by atoms with Crippen LogP contribution in [0, 0.1) is 0 Å². The van der Waals surface area contributed by atoms with E-state index < -0.39 is 18.8 Å². The van der Waals surface area contributed by atoms with E-state index in [0.717, 1.165) is 6.54 Å². The number of carbonyl (C=O) groups excluding carboxylic acids is 1. The summed E-state index contributed by atoms with van der Waals surface area (Å²) >= 11 is 0. The van der Waals surface area contributed by atoms with Crippen LogP contribution < -0.4 is 5.32 Å². The van der Waals surface area contributed by atoms with Crippen LogP contribution in [-0.2, 0) is 9.53 Å². The van der Waals surface area contributed by atoms with Crippen molar-refractivity contribution in [3.63, 3.8) is 0 Å². The summed E-state index contributed by atoms with van der Waals surface area (Å²) in [5.41, 5.74) is 0. The molecule has 1 amide bonds. The molecular weight excluding hydrogens is 275 g/mol. The average molecular weight is 295 g/mol. The zero-order valence-corrected chi connectivity index (χ0v) is 11.3. The monoisotopic (exact) mass is 295 g/mol. The van der Waals surface area contributed by atoms with Gasteiger partial charge in [-0.25, -0.2) is 0 Å². The van der Waals surface area contributed by atoms with Crippen LogP contribution in [0.15, 0.2) is 0 Å². The summed E-state index contributed by atoms with van der Waals surface area (Å²) in [6.45, 7) is 2.23. The van der Waals surface area contributed by atoms with E-state index in [1.54, 1.807) is 4.90 Å². The lowest BCUT2D eigenvalue weighted by Gasteiger charge is -2.29. The molecule has 0 spiro atoms. The Kier molecular flexibility index (Phi) is 5.22. The molecule has 0 aliphatic carbocycles. The number of carbonyl (C=O) groups is 1. The molecule has 20 heavy (non-hydrogen) atoms. The minimum absolute atomic E-state index is 0.119. The predicted octanol–water partition coefficient (Wildman–Crippen LogP) is 0.0714. The second kappa shape index (κ2) is 6.73. The summed E-state index contributed by atoms with van der Waals surface area (Å²) in [4.78, 5) is 15.2. The molecule has 0 bridgehead atoms. The van der Waals surface area contributed by atoms with Crippen molar-refractivity contribution >= 4 is 5.91 Å². The van der Waals surface area contributed by atoms with Gasteiger partial charge in [0.25, 0.3) is 5.91 Å². The standard InChI is InChI=1S/C12H20F3N3O2/c13-12(14,15)9-17-3-1-4-18(6-5-17)11(19)10-8-16-2-7-20-10/h10,16H,1-9H2. The van der Waals surface area contributed by atoms with Gasteiger partial charge in [-0.05, 0) is 6.42 Å². The van der Waals surface area contributed by atoms with Crippen molar-refractivity contribution in [2.45, 2.75) is 18.7 Å². The van der Waals surface area contributed by atoms with E-state index >= 15 is 0 Å². The number of nitrogens with one attached hydrogen (secondary N) is 1. The first-order valence-electron chi connectivity index (χ1n) is 6.86. The van der Waals surface area contributed by atoms with Gasteiger partial charge in [0.1, 0.15) is 6.10 Å². The Morgan fingerprint density at radius 2 is 2.05 bits per heavy atom. The number of hydrogen-bond donors (Lipinski definition) is 1. The van der Waals surface area contributed by atoms with Gasteiger partial charge >= 0.3 is 6.18 Å². The summed E-state index contributed by atoms with van der Waals surface area (Å²) < 4.78 is 42.5. The van der Waals surface area contributed by atoms with E-state index in [-0.39, 0.29) is 12.5 Å². The number of halogens is 3.